The van der Waals surface area contributed by atoms with Crippen molar-refractivity contribution in [3.8, 4) is 5.75 Å². The number of carbonyl (C=O) groups is 2. The molecule has 1 heterocycles. The van der Waals surface area contributed by atoms with Crippen molar-refractivity contribution in [2.24, 2.45) is 4.99 Å². The average molecular weight is 448 g/mol. The number of carboxylic acid groups (broad SMARTS) is 1. The highest BCUT2D eigenvalue weighted by atomic mass is 35.5. The highest BCUT2D eigenvalue weighted by molar-refractivity contribution is 8.15. The van der Waals surface area contributed by atoms with Gasteiger partial charge in [-0.2, -0.15) is 0 Å². The zero-order valence-electron chi connectivity index (χ0n) is 16.4. The van der Waals surface area contributed by atoms with Gasteiger partial charge in [0.05, 0.1) is 11.7 Å². The van der Waals surface area contributed by atoms with Gasteiger partial charge in [-0.1, -0.05) is 48.8 Å². The van der Waals surface area contributed by atoms with Crippen LogP contribution in [0.4, 0.5) is 0 Å². The summed E-state index contributed by atoms with van der Waals surface area (Å²) in [7, 11) is 0. The zero-order valence-corrected chi connectivity index (χ0v) is 17.9. The van der Waals surface area contributed by atoms with Crippen LogP contribution in [-0.4, -0.2) is 32.4 Å². The Morgan fingerprint density at radius 2 is 1.83 bits per heavy atom. The first-order valence-electron chi connectivity index (χ1n) is 9.59. The van der Waals surface area contributed by atoms with Crippen LogP contribution in [0.5, 0.6) is 5.75 Å². The van der Waals surface area contributed by atoms with E-state index in [-0.39, 0.29) is 12.4 Å². The van der Waals surface area contributed by atoms with E-state index < -0.39 is 16.9 Å². The van der Waals surface area contributed by atoms with Crippen molar-refractivity contribution in [1.29, 1.82) is 0 Å². The molecule has 2 unspecified atom stereocenters. The van der Waals surface area contributed by atoms with Crippen LogP contribution in [0.1, 0.15) is 43.7 Å². The van der Waals surface area contributed by atoms with E-state index in [1.807, 2.05) is 6.92 Å². The minimum atomic E-state index is -1.69. The van der Waals surface area contributed by atoms with E-state index in [4.69, 9.17) is 16.3 Å². The Hall–Kier alpha value is -2.35. The van der Waals surface area contributed by atoms with Gasteiger partial charge >= 0.3 is 11.9 Å². The molecule has 0 saturated carbocycles. The second-order valence-corrected chi connectivity index (χ2v) is 8.58. The fourth-order valence-corrected chi connectivity index (χ4v) is 4.50. The summed E-state index contributed by atoms with van der Waals surface area (Å²) in [5, 5.41) is 20.9. The molecule has 0 fully saturated rings. The number of aliphatic carboxylic acids is 1. The maximum atomic E-state index is 11.8. The number of rotatable bonds is 8. The van der Waals surface area contributed by atoms with Crippen LogP contribution in [0, 0.1) is 0 Å². The lowest BCUT2D eigenvalue weighted by molar-refractivity contribution is -0.138. The lowest BCUT2D eigenvalue weighted by Crippen LogP contribution is -2.34. The normalized spacial score (nSPS) is 20.6. The number of aliphatic imine (C=N–C) groups is 1. The topological polar surface area (TPSA) is 96.2 Å². The molecule has 2 atom stereocenters. The van der Waals surface area contributed by atoms with Crippen molar-refractivity contribution in [3.05, 3.63) is 64.7 Å². The van der Waals surface area contributed by atoms with Crippen molar-refractivity contribution in [2.75, 3.05) is 0 Å². The SMILES string of the molecule is CCCCC(=O)Oc1ccc(C2=NC(O)(c3ccc(Cl)cc3)C(CC(=O)O)S2)cc1. The predicted octanol–water partition coefficient (Wildman–Crippen LogP) is 4.62. The van der Waals surface area contributed by atoms with Crippen LogP contribution >= 0.6 is 23.4 Å². The van der Waals surface area contributed by atoms with E-state index in [0.29, 0.717) is 33.4 Å². The molecule has 2 aromatic carbocycles. The number of aliphatic hydroxyl groups is 1. The highest BCUT2D eigenvalue weighted by Crippen LogP contribution is 2.45. The maximum absolute atomic E-state index is 11.8. The number of benzene rings is 2. The minimum absolute atomic E-state index is 0.260. The molecule has 0 aliphatic carbocycles. The number of nitrogens with zero attached hydrogens (tertiary/aromatic N) is 1. The van der Waals surface area contributed by atoms with Gasteiger partial charge < -0.3 is 14.9 Å². The van der Waals surface area contributed by atoms with Gasteiger partial charge in [-0.25, -0.2) is 4.99 Å². The third kappa shape index (κ3) is 5.22. The molecule has 0 radical (unpaired) electrons. The van der Waals surface area contributed by atoms with Crippen LogP contribution in [0.3, 0.4) is 0 Å². The molecule has 2 N–H and O–H groups in total. The van der Waals surface area contributed by atoms with Gasteiger partial charge in [0.1, 0.15) is 10.8 Å². The Morgan fingerprint density at radius 3 is 2.43 bits per heavy atom. The molecule has 0 amide bonds. The lowest BCUT2D eigenvalue weighted by Gasteiger charge is -2.26. The predicted molar refractivity (Wildman–Crippen MR) is 117 cm³/mol. The van der Waals surface area contributed by atoms with Gasteiger partial charge in [0, 0.05) is 22.6 Å². The second kappa shape index (κ2) is 9.64. The number of thioether (sulfide) groups is 1. The highest BCUT2D eigenvalue weighted by Gasteiger charge is 2.46. The molecule has 8 heteroatoms. The van der Waals surface area contributed by atoms with E-state index in [1.165, 1.54) is 11.8 Å². The first kappa shape index (κ1) is 22.3. The number of esters is 1. The monoisotopic (exact) mass is 447 g/mol. The molecule has 3 rings (SSSR count). The Morgan fingerprint density at radius 1 is 1.17 bits per heavy atom. The Balaban J connectivity index is 1.83. The summed E-state index contributed by atoms with van der Waals surface area (Å²) in [6.07, 6.45) is 1.80. The molecule has 6 nitrogen and oxygen atoms in total. The smallest absolute Gasteiger partial charge is 0.311 e. The summed E-state index contributed by atoms with van der Waals surface area (Å²) in [6, 6.07) is 13.3. The van der Waals surface area contributed by atoms with Crippen LogP contribution in [0.15, 0.2) is 53.5 Å². The van der Waals surface area contributed by atoms with Crippen molar-refractivity contribution >= 4 is 40.3 Å². The van der Waals surface area contributed by atoms with Crippen molar-refractivity contribution < 1.29 is 24.5 Å². The minimum Gasteiger partial charge on any atom is -0.481 e. The van der Waals surface area contributed by atoms with E-state index in [1.54, 1.807) is 48.5 Å². The third-order valence-corrected chi connectivity index (χ3v) is 6.25. The van der Waals surface area contributed by atoms with E-state index in [0.717, 1.165) is 12.8 Å². The van der Waals surface area contributed by atoms with E-state index >= 15 is 0 Å². The molecule has 158 valence electrons. The number of halogens is 1. The van der Waals surface area contributed by atoms with Crippen LogP contribution in [-0.2, 0) is 15.3 Å². The average Bonchev–Trinajstić information content (AvgIpc) is 3.04. The van der Waals surface area contributed by atoms with Gasteiger partial charge in [0.15, 0.2) is 5.72 Å². The number of carbonyl (C=O) groups excluding carboxylic acids is 1. The summed E-state index contributed by atoms with van der Waals surface area (Å²) in [6.45, 7) is 2.00. The molecule has 30 heavy (non-hydrogen) atoms. The Labute approximate surface area is 183 Å². The number of ether oxygens (including phenoxy) is 1. The summed E-state index contributed by atoms with van der Waals surface area (Å²) >= 11 is 7.14. The zero-order chi connectivity index (χ0) is 21.7. The maximum Gasteiger partial charge on any atom is 0.311 e. The van der Waals surface area contributed by atoms with Gasteiger partial charge in [-0.05, 0) is 42.8 Å². The quantitative estimate of drug-likeness (QED) is 0.453. The molecule has 0 aromatic heterocycles. The van der Waals surface area contributed by atoms with E-state index in [2.05, 4.69) is 4.99 Å². The standard InChI is InChI=1S/C22H22ClNO5S/c1-2-3-4-20(27)29-17-11-5-14(6-12-17)21-24-22(28,18(30-21)13-19(25)26)15-7-9-16(23)10-8-15/h5-12,18,28H,2-4,13H2,1H3,(H,25,26). The first-order valence-corrected chi connectivity index (χ1v) is 10.9. The molecule has 0 saturated heterocycles. The molecule has 1 aliphatic rings. The molecule has 0 bridgehead atoms. The fraction of sp³-hybridized carbons (Fsp3) is 0.318. The van der Waals surface area contributed by atoms with Gasteiger partial charge in [-0.15, -0.1) is 0 Å². The molecule has 0 spiro atoms. The second-order valence-electron chi connectivity index (χ2n) is 6.96. The summed E-state index contributed by atoms with van der Waals surface area (Å²) < 4.78 is 5.30. The number of unbranched alkanes of at least 4 members (excludes halogenated alkanes) is 1. The van der Waals surface area contributed by atoms with Gasteiger partial charge in [0.2, 0.25) is 0 Å². The first-order chi connectivity index (χ1) is 14.3. The van der Waals surface area contributed by atoms with Gasteiger partial charge in [-0.3, -0.25) is 9.59 Å². The van der Waals surface area contributed by atoms with Crippen molar-refractivity contribution in [2.45, 2.75) is 43.6 Å². The van der Waals surface area contributed by atoms with Crippen LogP contribution < -0.4 is 4.74 Å². The molecule has 1 aliphatic heterocycles. The molecular formula is C22H22ClNO5S. The summed E-state index contributed by atoms with van der Waals surface area (Å²) in [5.74, 6) is -0.875. The van der Waals surface area contributed by atoms with Crippen molar-refractivity contribution in [3.63, 3.8) is 0 Å². The largest absolute Gasteiger partial charge is 0.481 e. The van der Waals surface area contributed by atoms with Crippen LogP contribution in [0.25, 0.3) is 0 Å². The lowest BCUT2D eigenvalue weighted by atomic mass is 9.97. The Bertz CT molecular complexity index is 945. The molecule has 2 aromatic rings. The number of hydrogen-bond donors (Lipinski definition) is 2. The number of carboxylic acids is 1. The van der Waals surface area contributed by atoms with E-state index in [9.17, 15) is 19.8 Å². The Kier molecular flexibility index (Phi) is 7.18. The molecular weight excluding hydrogens is 426 g/mol. The van der Waals surface area contributed by atoms with Crippen LogP contribution in [0.2, 0.25) is 5.02 Å². The summed E-state index contributed by atoms with van der Waals surface area (Å²) in [5.41, 5.74) is -0.510. The van der Waals surface area contributed by atoms with Gasteiger partial charge in [0.25, 0.3) is 0 Å². The fourth-order valence-electron chi connectivity index (χ4n) is 3.06. The number of hydrogen-bond acceptors (Lipinski definition) is 6. The van der Waals surface area contributed by atoms with Crippen molar-refractivity contribution in [1.82, 2.24) is 0 Å². The summed E-state index contributed by atoms with van der Waals surface area (Å²) in [4.78, 5) is 27.6. The third-order valence-electron chi connectivity index (χ3n) is 4.67.